The summed E-state index contributed by atoms with van der Waals surface area (Å²) in [6.45, 7) is 6.21. The van der Waals surface area contributed by atoms with Crippen LogP contribution < -0.4 is 10.1 Å². The molecule has 0 atom stereocenters. The van der Waals surface area contributed by atoms with Crippen LogP contribution >= 0.6 is 0 Å². The van der Waals surface area contributed by atoms with Crippen LogP contribution in [0.15, 0.2) is 24.3 Å². The Morgan fingerprint density at radius 2 is 2.07 bits per heavy atom. The van der Waals surface area contributed by atoms with E-state index < -0.39 is 5.54 Å². The molecule has 3 heteroatoms. The smallest absolute Gasteiger partial charge is 0.142 e. The third-order valence-electron chi connectivity index (χ3n) is 1.91. The summed E-state index contributed by atoms with van der Waals surface area (Å²) in [6, 6.07) is 9.81. The van der Waals surface area contributed by atoms with E-state index in [1.807, 2.05) is 45.0 Å². The van der Waals surface area contributed by atoms with Crippen LogP contribution in [0, 0.1) is 11.3 Å². The number of nitrogens with one attached hydrogen (secondary N) is 1. The largest absolute Gasteiger partial charge is 0.492 e. The van der Waals surface area contributed by atoms with Crippen molar-refractivity contribution in [3.05, 3.63) is 24.3 Å². The summed E-state index contributed by atoms with van der Waals surface area (Å²) in [6.07, 6.45) is 0. The van der Waals surface area contributed by atoms with E-state index in [0.717, 1.165) is 11.4 Å². The highest BCUT2D eigenvalue weighted by Gasteiger charge is 2.17. The van der Waals surface area contributed by atoms with Gasteiger partial charge in [0, 0.05) is 0 Å². The fourth-order valence-electron chi connectivity index (χ4n) is 1.22. The van der Waals surface area contributed by atoms with Gasteiger partial charge in [-0.25, -0.2) is 0 Å². The van der Waals surface area contributed by atoms with Gasteiger partial charge in [-0.3, -0.25) is 0 Å². The first-order chi connectivity index (χ1) is 7.09. The lowest BCUT2D eigenvalue weighted by atomic mass is 10.1. The van der Waals surface area contributed by atoms with E-state index in [-0.39, 0.29) is 0 Å². The molecule has 15 heavy (non-hydrogen) atoms. The van der Waals surface area contributed by atoms with Crippen molar-refractivity contribution in [3.8, 4) is 11.8 Å². The van der Waals surface area contributed by atoms with Gasteiger partial charge in [-0.15, -0.1) is 0 Å². The second-order valence-electron chi connectivity index (χ2n) is 3.79. The van der Waals surface area contributed by atoms with Gasteiger partial charge in [0.25, 0.3) is 0 Å². The van der Waals surface area contributed by atoms with Gasteiger partial charge >= 0.3 is 0 Å². The van der Waals surface area contributed by atoms with Crippen molar-refractivity contribution in [3.63, 3.8) is 0 Å². The molecule has 1 N–H and O–H groups in total. The zero-order valence-electron chi connectivity index (χ0n) is 9.37. The standard InChI is InChI=1S/C12H16N2O/c1-4-15-11-8-6-5-7-10(11)14-12(2,3)9-13/h5-8,14H,4H2,1-3H3. The average molecular weight is 204 g/mol. The van der Waals surface area contributed by atoms with E-state index >= 15 is 0 Å². The number of ether oxygens (including phenoxy) is 1. The summed E-state index contributed by atoms with van der Waals surface area (Å²) in [5.74, 6) is 0.781. The minimum Gasteiger partial charge on any atom is -0.492 e. The van der Waals surface area contributed by atoms with E-state index in [2.05, 4.69) is 11.4 Å². The molecular weight excluding hydrogens is 188 g/mol. The SMILES string of the molecule is CCOc1ccccc1NC(C)(C)C#N. The highest BCUT2D eigenvalue weighted by atomic mass is 16.5. The molecule has 0 saturated carbocycles. The van der Waals surface area contributed by atoms with Crippen LogP contribution in [0.5, 0.6) is 5.75 Å². The molecule has 1 aromatic rings. The van der Waals surface area contributed by atoms with Crippen LogP contribution in [0.4, 0.5) is 5.69 Å². The summed E-state index contributed by atoms with van der Waals surface area (Å²) in [5.41, 5.74) is 0.263. The summed E-state index contributed by atoms with van der Waals surface area (Å²) in [7, 11) is 0. The van der Waals surface area contributed by atoms with Crippen molar-refractivity contribution >= 4 is 5.69 Å². The lowest BCUT2D eigenvalue weighted by Crippen LogP contribution is -2.28. The number of anilines is 1. The van der Waals surface area contributed by atoms with Crippen molar-refractivity contribution in [2.24, 2.45) is 0 Å². The van der Waals surface area contributed by atoms with Gasteiger partial charge in [0.05, 0.1) is 18.4 Å². The number of para-hydroxylation sites is 2. The number of hydrogen-bond donors (Lipinski definition) is 1. The van der Waals surface area contributed by atoms with E-state index in [1.165, 1.54) is 0 Å². The molecular formula is C12H16N2O. The molecule has 0 aliphatic rings. The Labute approximate surface area is 90.7 Å². The van der Waals surface area contributed by atoms with Crippen LogP contribution in [-0.2, 0) is 0 Å². The van der Waals surface area contributed by atoms with Gasteiger partial charge in [-0.1, -0.05) is 12.1 Å². The molecule has 0 aliphatic carbocycles. The molecule has 80 valence electrons. The number of nitriles is 1. The molecule has 1 aromatic carbocycles. The van der Waals surface area contributed by atoms with Crippen molar-refractivity contribution in [2.45, 2.75) is 26.3 Å². The molecule has 0 amide bonds. The molecule has 0 fully saturated rings. The normalized spacial score (nSPS) is 10.5. The van der Waals surface area contributed by atoms with Crippen LogP contribution in [0.1, 0.15) is 20.8 Å². The Bertz CT molecular complexity index is 366. The van der Waals surface area contributed by atoms with E-state index in [9.17, 15) is 0 Å². The van der Waals surface area contributed by atoms with Gasteiger partial charge in [-0.05, 0) is 32.9 Å². The Hall–Kier alpha value is -1.69. The van der Waals surface area contributed by atoms with Crippen molar-refractivity contribution in [1.29, 1.82) is 5.26 Å². The fourth-order valence-corrected chi connectivity index (χ4v) is 1.22. The third-order valence-corrected chi connectivity index (χ3v) is 1.91. The lowest BCUT2D eigenvalue weighted by Gasteiger charge is -2.21. The Morgan fingerprint density at radius 3 is 2.67 bits per heavy atom. The van der Waals surface area contributed by atoms with Crippen LogP contribution in [0.2, 0.25) is 0 Å². The first kappa shape index (κ1) is 11.4. The Balaban J connectivity index is 2.90. The van der Waals surface area contributed by atoms with Crippen LogP contribution in [-0.4, -0.2) is 12.1 Å². The second kappa shape index (κ2) is 4.70. The number of rotatable bonds is 4. The number of nitrogens with zero attached hydrogens (tertiary/aromatic N) is 1. The van der Waals surface area contributed by atoms with Crippen LogP contribution in [0.3, 0.4) is 0 Å². The maximum atomic E-state index is 8.92. The molecule has 0 aromatic heterocycles. The third kappa shape index (κ3) is 3.17. The van der Waals surface area contributed by atoms with Gasteiger partial charge in [0.15, 0.2) is 0 Å². The van der Waals surface area contributed by atoms with Gasteiger partial charge < -0.3 is 10.1 Å². The summed E-state index contributed by atoms with van der Waals surface area (Å²) >= 11 is 0. The summed E-state index contributed by atoms with van der Waals surface area (Å²) < 4.78 is 5.46. The highest BCUT2D eigenvalue weighted by Crippen LogP contribution is 2.26. The molecule has 0 spiro atoms. The summed E-state index contributed by atoms with van der Waals surface area (Å²) in [5, 5.41) is 12.1. The predicted octanol–water partition coefficient (Wildman–Crippen LogP) is 2.80. The molecule has 1 rings (SSSR count). The molecule has 0 unspecified atom stereocenters. The lowest BCUT2D eigenvalue weighted by molar-refractivity contribution is 0.341. The maximum absolute atomic E-state index is 8.92. The highest BCUT2D eigenvalue weighted by molar-refractivity contribution is 5.58. The molecule has 0 aliphatic heterocycles. The maximum Gasteiger partial charge on any atom is 0.142 e. The molecule has 0 radical (unpaired) electrons. The zero-order valence-corrected chi connectivity index (χ0v) is 9.37. The molecule has 0 heterocycles. The second-order valence-corrected chi connectivity index (χ2v) is 3.79. The van der Waals surface area contributed by atoms with Crippen molar-refractivity contribution < 1.29 is 4.74 Å². The van der Waals surface area contributed by atoms with Crippen molar-refractivity contribution in [2.75, 3.05) is 11.9 Å². The minimum atomic E-state index is -0.590. The monoisotopic (exact) mass is 204 g/mol. The van der Waals surface area contributed by atoms with Gasteiger partial charge in [0.2, 0.25) is 0 Å². The zero-order chi connectivity index (χ0) is 11.3. The fraction of sp³-hybridized carbons (Fsp3) is 0.417. The number of benzene rings is 1. The van der Waals surface area contributed by atoms with Gasteiger partial charge in [-0.2, -0.15) is 5.26 Å². The molecule has 3 nitrogen and oxygen atoms in total. The molecule has 0 bridgehead atoms. The average Bonchev–Trinajstić information content (AvgIpc) is 2.21. The Kier molecular flexibility index (Phi) is 3.56. The topological polar surface area (TPSA) is 45.0 Å². The van der Waals surface area contributed by atoms with Crippen LogP contribution in [0.25, 0.3) is 0 Å². The first-order valence-corrected chi connectivity index (χ1v) is 5.00. The predicted molar refractivity (Wildman–Crippen MR) is 60.9 cm³/mol. The Morgan fingerprint density at radius 1 is 1.40 bits per heavy atom. The van der Waals surface area contributed by atoms with E-state index in [0.29, 0.717) is 6.61 Å². The quantitative estimate of drug-likeness (QED) is 0.820. The van der Waals surface area contributed by atoms with Gasteiger partial charge in [0.1, 0.15) is 11.3 Å². The first-order valence-electron chi connectivity index (χ1n) is 5.00. The van der Waals surface area contributed by atoms with E-state index in [4.69, 9.17) is 10.00 Å². The van der Waals surface area contributed by atoms with Crippen molar-refractivity contribution in [1.82, 2.24) is 0 Å². The minimum absolute atomic E-state index is 0.590. The molecule has 0 saturated heterocycles. The van der Waals surface area contributed by atoms with E-state index in [1.54, 1.807) is 0 Å². The number of hydrogen-bond acceptors (Lipinski definition) is 3. The summed E-state index contributed by atoms with van der Waals surface area (Å²) in [4.78, 5) is 0.